The van der Waals surface area contributed by atoms with Crippen molar-refractivity contribution in [3.8, 4) is 0 Å². The molecule has 0 spiro atoms. The summed E-state index contributed by atoms with van der Waals surface area (Å²) in [6, 6.07) is 12.3. The molecule has 0 radical (unpaired) electrons. The van der Waals surface area contributed by atoms with Gasteiger partial charge in [-0.3, -0.25) is 0 Å². The second kappa shape index (κ2) is 6.25. The third-order valence-corrected chi connectivity index (χ3v) is 3.50. The van der Waals surface area contributed by atoms with Crippen LogP contribution in [0.3, 0.4) is 0 Å². The van der Waals surface area contributed by atoms with Gasteiger partial charge in [0.1, 0.15) is 4.90 Å². The fraction of sp³-hybridized carbons (Fsp3) is 0. The summed E-state index contributed by atoms with van der Waals surface area (Å²) in [5, 5.41) is 1.50. The Balaban J connectivity index is 0.00000144. The van der Waals surface area contributed by atoms with Crippen LogP contribution in [-0.4, -0.2) is 66.6 Å². The fourth-order valence-electron chi connectivity index (χ4n) is 1.56. The molecule has 0 N–H and O–H groups in total. The van der Waals surface area contributed by atoms with E-state index in [1.54, 1.807) is 18.2 Å². The van der Waals surface area contributed by atoms with Gasteiger partial charge in [-0.1, -0.05) is 43.0 Å². The van der Waals surface area contributed by atoms with Crippen LogP contribution in [0.2, 0.25) is 0 Å². The summed E-state index contributed by atoms with van der Waals surface area (Å²) in [7, 11) is -3.75. The topological polar surface area (TPSA) is 43.4 Å². The Kier molecular flexibility index (Phi) is 5.53. The first-order valence-corrected chi connectivity index (χ1v) is 6.08. The van der Waals surface area contributed by atoms with Crippen molar-refractivity contribution in [3.63, 3.8) is 0 Å². The van der Waals surface area contributed by atoms with E-state index in [2.05, 4.69) is 10.8 Å². The van der Waals surface area contributed by atoms with E-state index in [0.29, 0.717) is 5.39 Å². The zero-order valence-electron chi connectivity index (χ0n) is 8.46. The summed E-state index contributed by atoms with van der Waals surface area (Å²) >= 11 is 0. The van der Waals surface area contributed by atoms with Crippen LogP contribution in [0.1, 0.15) is 0 Å². The van der Waals surface area contributed by atoms with Gasteiger partial charge in [-0.25, -0.2) is 0 Å². The fourth-order valence-corrected chi connectivity index (χ4v) is 2.54. The third kappa shape index (κ3) is 3.26. The summed E-state index contributed by atoms with van der Waals surface area (Å²) in [4.78, 5) is 0.158. The summed E-state index contributed by atoms with van der Waals surface area (Å²) in [5.41, 5.74) is 0. The van der Waals surface area contributed by atoms with E-state index in [9.17, 15) is 8.42 Å². The molecule has 0 aliphatic rings. The van der Waals surface area contributed by atoms with Crippen molar-refractivity contribution >= 4 is 79.1 Å². The molecule has 84 valence electrons. The molecule has 0 heterocycles. The molecule has 2 aromatic rings. The maximum atomic E-state index is 11.8. The first-order chi connectivity index (χ1) is 7.65. The van der Waals surface area contributed by atoms with Crippen LogP contribution in [0.25, 0.3) is 10.8 Å². The molecule has 0 fully saturated rings. The second-order valence-electron chi connectivity index (χ2n) is 3.19. The van der Waals surface area contributed by atoms with E-state index in [-0.39, 0.29) is 63.1 Å². The Morgan fingerprint density at radius 2 is 1.71 bits per heavy atom. The van der Waals surface area contributed by atoms with Crippen LogP contribution < -0.4 is 0 Å². The van der Waals surface area contributed by atoms with Crippen LogP contribution in [0.5, 0.6) is 0 Å². The van der Waals surface area contributed by atoms with Gasteiger partial charge >= 0.3 is 68.3 Å². The Bertz CT molecular complexity index is 630. The van der Waals surface area contributed by atoms with Gasteiger partial charge in [0, 0.05) is 5.39 Å². The molecule has 0 aromatic heterocycles. The van der Waals surface area contributed by atoms with Crippen LogP contribution in [0, 0.1) is 0 Å². The van der Waals surface area contributed by atoms with Crippen molar-refractivity contribution in [1.29, 1.82) is 0 Å². The summed E-state index contributed by atoms with van der Waals surface area (Å²) < 4.78 is 28.1. The van der Waals surface area contributed by atoms with Crippen molar-refractivity contribution in [2.75, 3.05) is 0 Å². The first kappa shape index (κ1) is 15.1. The molecule has 2 rings (SSSR count). The minimum absolute atomic E-state index is 0. The average Bonchev–Trinajstić information content (AvgIpc) is 2.28. The van der Waals surface area contributed by atoms with Crippen molar-refractivity contribution in [1.82, 2.24) is 0 Å². The van der Waals surface area contributed by atoms with Gasteiger partial charge in [-0.2, -0.15) is 8.42 Å². The predicted octanol–water partition coefficient (Wildman–Crippen LogP) is 2.04. The molecule has 0 atom stereocenters. The molecule has 0 amide bonds. The van der Waals surface area contributed by atoms with Gasteiger partial charge in [0.15, 0.2) is 0 Å². The number of hydrogen-bond acceptors (Lipinski definition) is 3. The normalized spacial score (nSPS) is 10.6. The predicted molar refractivity (Wildman–Crippen MR) is 69.6 cm³/mol. The molecule has 5 heteroatoms. The molecule has 0 bridgehead atoms. The van der Waals surface area contributed by atoms with Crippen molar-refractivity contribution in [3.05, 3.63) is 55.3 Å². The van der Waals surface area contributed by atoms with E-state index in [4.69, 9.17) is 0 Å². The Labute approximate surface area is 149 Å². The maximum absolute atomic E-state index is 11.8. The van der Waals surface area contributed by atoms with Crippen LogP contribution in [-0.2, 0) is 14.3 Å². The van der Waals surface area contributed by atoms with E-state index in [0.717, 1.165) is 11.6 Å². The number of fused-ring (bicyclic) bond motifs is 1. The van der Waals surface area contributed by atoms with Crippen molar-refractivity contribution in [2.24, 2.45) is 0 Å². The summed E-state index contributed by atoms with van der Waals surface area (Å²) in [5.74, 6) is 0. The molecule has 0 saturated carbocycles. The molecule has 2 aromatic carbocycles. The van der Waals surface area contributed by atoms with E-state index < -0.39 is 10.1 Å². The van der Waals surface area contributed by atoms with E-state index in [1.807, 2.05) is 18.2 Å². The van der Waals surface area contributed by atoms with Crippen LogP contribution >= 0.6 is 0 Å². The van der Waals surface area contributed by atoms with Crippen molar-refractivity contribution in [2.45, 2.75) is 4.90 Å². The zero-order valence-corrected chi connectivity index (χ0v) is 9.28. The van der Waals surface area contributed by atoms with Crippen LogP contribution in [0.4, 0.5) is 0 Å². The SMILES string of the molecule is C=COS(=O)(=O)c1cccc2ccccc12.[RbH]. The number of benzene rings is 2. The number of hydrogen-bond donors (Lipinski definition) is 0. The quantitative estimate of drug-likeness (QED) is 0.642. The van der Waals surface area contributed by atoms with Crippen molar-refractivity contribution < 1.29 is 12.6 Å². The Morgan fingerprint density at radius 3 is 2.41 bits per heavy atom. The summed E-state index contributed by atoms with van der Waals surface area (Å²) in [6.07, 6.45) is 0.914. The molecule has 0 aliphatic heterocycles. The zero-order chi connectivity index (χ0) is 11.6. The molecule has 0 saturated heterocycles. The molecule has 0 aliphatic carbocycles. The first-order valence-electron chi connectivity index (χ1n) is 4.67. The molecule has 17 heavy (non-hydrogen) atoms. The standard InChI is InChI=1S/C12H10O3S.Rb.H/c1-2-15-16(13,14)12-9-5-7-10-6-3-4-8-11(10)12;;/h2-9H,1H2;;. The van der Waals surface area contributed by atoms with E-state index >= 15 is 0 Å². The second-order valence-corrected chi connectivity index (χ2v) is 4.73. The minimum atomic E-state index is -3.75. The molecule has 0 unspecified atom stereocenters. The Morgan fingerprint density at radius 1 is 1.06 bits per heavy atom. The van der Waals surface area contributed by atoms with Gasteiger partial charge in [-0.15, -0.1) is 0 Å². The molecule has 3 nitrogen and oxygen atoms in total. The van der Waals surface area contributed by atoms with Gasteiger partial charge < -0.3 is 4.18 Å². The van der Waals surface area contributed by atoms with Gasteiger partial charge in [-0.05, 0) is 11.5 Å². The van der Waals surface area contributed by atoms with Gasteiger partial charge in [0.2, 0.25) is 0 Å². The molecular formula is C12H11O3RbS. The van der Waals surface area contributed by atoms with Crippen LogP contribution in [0.15, 0.2) is 60.2 Å². The molecular weight excluding hydrogens is 310 g/mol. The van der Waals surface area contributed by atoms with Gasteiger partial charge in [0.05, 0.1) is 6.26 Å². The Hall–Kier alpha value is -0.00481. The number of rotatable bonds is 3. The monoisotopic (exact) mass is 320 g/mol. The van der Waals surface area contributed by atoms with E-state index in [1.165, 1.54) is 6.07 Å². The third-order valence-electron chi connectivity index (χ3n) is 2.21. The summed E-state index contributed by atoms with van der Waals surface area (Å²) in [6.45, 7) is 3.25. The average molecular weight is 321 g/mol. The van der Waals surface area contributed by atoms with Gasteiger partial charge in [0.25, 0.3) is 0 Å².